The number of hydrogen-bond donors (Lipinski definition) is 2. The Labute approximate surface area is 87.4 Å². The summed E-state index contributed by atoms with van der Waals surface area (Å²) in [7, 11) is -4.13. The third kappa shape index (κ3) is 2.37. The van der Waals surface area contributed by atoms with Gasteiger partial charge in [-0.1, -0.05) is 11.6 Å². The second-order valence-electron chi connectivity index (χ2n) is 2.93. The molecule has 0 fully saturated rings. The first-order valence-electron chi connectivity index (χ1n) is 3.83. The molecular formula is C8H10ClNO3S. The SMILES string of the molecule is CC(c1cc(Cl)ccc1N)S(=O)(=O)O. The highest BCUT2D eigenvalue weighted by molar-refractivity contribution is 7.86. The summed E-state index contributed by atoms with van der Waals surface area (Å²) in [6.07, 6.45) is 0. The number of anilines is 1. The van der Waals surface area contributed by atoms with Gasteiger partial charge in [-0.2, -0.15) is 8.42 Å². The van der Waals surface area contributed by atoms with Crippen molar-refractivity contribution in [3.8, 4) is 0 Å². The van der Waals surface area contributed by atoms with E-state index in [1.807, 2.05) is 0 Å². The number of halogens is 1. The molecule has 6 heteroatoms. The predicted octanol–water partition coefficient (Wildman–Crippen LogP) is 1.87. The van der Waals surface area contributed by atoms with Crippen molar-refractivity contribution in [3.05, 3.63) is 28.8 Å². The van der Waals surface area contributed by atoms with Crippen LogP contribution in [0.4, 0.5) is 5.69 Å². The summed E-state index contributed by atoms with van der Waals surface area (Å²) in [5.41, 5.74) is 6.15. The summed E-state index contributed by atoms with van der Waals surface area (Å²) in [5.74, 6) is 0. The first-order valence-corrected chi connectivity index (χ1v) is 5.71. The second kappa shape index (κ2) is 3.76. The molecule has 1 aromatic rings. The Bertz CT molecular complexity index is 444. The lowest BCUT2D eigenvalue weighted by Crippen LogP contribution is -2.10. The van der Waals surface area contributed by atoms with Gasteiger partial charge >= 0.3 is 0 Å². The Balaban J connectivity index is 3.26. The molecule has 0 amide bonds. The van der Waals surface area contributed by atoms with Gasteiger partial charge in [0.05, 0.1) is 0 Å². The van der Waals surface area contributed by atoms with Crippen LogP contribution in [0.3, 0.4) is 0 Å². The van der Waals surface area contributed by atoms with Crippen LogP contribution in [-0.4, -0.2) is 13.0 Å². The summed E-state index contributed by atoms with van der Waals surface area (Å²) in [4.78, 5) is 0. The van der Waals surface area contributed by atoms with E-state index in [9.17, 15) is 8.42 Å². The predicted molar refractivity (Wildman–Crippen MR) is 55.8 cm³/mol. The monoisotopic (exact) mass is 235 g/mol. The molecule has 1 rings (SSSR count). The molecule has 0 radical (unpaired) electrons. The van der Waals surface area contributed by atoms with Crippen LogP contribution < -0.4 is 5.73 Å². The van der Waals surface area contributed by atoms with Gasteiger partial charge in [0.1, 0.15) is 5.25 Å². The maximum absolute atomic E-state index is 10.9. The van der Waals surface area contributed by atoms with Crippen LogP contribution in [0.2, 0.25) is 5.02 Å². The molecule has 0 aromatic heterocycles. The lowest BCUT2D eigenvalue weighted by Gasteiger charge is -2.11. The summed E-state index contributed by atoms with van der Waals surface area (Å²) >= 11 is 5.68. The Hall–Kier alpha value is -0.780. The molecule has 0 aliphatic heterocycles. The summed E-state index contributed by atoms with van der Waals surface area (Å²) in [5, 5.41) is -0.689. The number of hydrogen-bond acceptors (Lipinski definition) is 3. The fraction of sp³-hybridized carbons (Fsp3) is 0.250. The van der Waals surface area contributed by atoms with Crippen LogP contribution in [0.15, 0.2) is 18.2 Å². The largest absolute Gasteiger partial charge is 0.398 e. The first kappa shape index (κ1) is 11.3. The Morgan fingerprint density at radius 3 is 2.57 bits per heavy atom. The maximum Gasteiger partial charge on any atom is 0.271 e. The molecule has 0 aliphatic carbocycles. The Morgan fingerprint density at radius 2 is 2.07 bits per heavy atom. The average molecular weight is 236 g/mol. The molecule has 1 aromatic carbocycles. The molecule has 0 aliphatic rings. The number of nitrogens with two attached hydrogens (primary N) is 1. The van der Waals surface area contributed by atoms with Gasteiger partial charge in [-0.3, -0.25) is 4.55 Å². The van der Waals surface area contributed by atoms with Crippen molar-refractivity contribution in [3.63, 3.8) is 0 Å². The van der Waals surface area contributed by atoms with Crippen LogP contribution in [-0.2, 0) is 10.1 Å². The molecule has 4 nitrogen and oxygen atoms in total. The summed E-state index contributed by atoms with van der Waals surface area (Å²) in [6, 6.07) is 4.48. The molecule has 14 heavy (non-hydrogen) atoms. The Morgan fingerprint density at radius 1 is 1.50 bits per heavy atom. The zero-order valence-electron chi connectivity index (χ0n) is 7.44. The number of benzene rings is 1. The minimum absolute atomic E-state index is 0.291. The van der Waals surface area contributed by atoms with Gasteiger partial charge < -0.3 is 5.73 Å². The zero-order chi connectivity index (χ0) is 10.9. The van der Waals surface area contributed by atoms with E-state index in [-0.39, 0.29) is 0 Å². The molecule has 3 N–H and O–H groups in total. The van der Waals surface area contributed by atoms with Crippen LogP contribution in [0.25, 0.3) is 0 Å². The lowest BCUT2D eigenvalue weighted by molar-refractivity contribution is 0.472. The fourth-order valence-corrected chi connectivity index (χ4v) is 1.76. The molecule has 78 valence electrons. The molecule has 0 saturated heterocycles. The van der Waals surface area contributed by atoms with E-state index in [2.05, 4.69) is 0 Å². The van der Waals surface area contributed by atoms with Gasteiger partial charge in [0, 0.05) is 10.7 Å². The lowest BCUT2D eigenvalue weighted by atomic mass is 10.1. The van der Waals surface area contributed by atoms with Gasteiger partial charge in [-0.15, -0.1) is 0 Å². The van der Waals surface area contributed by atoms with Crippen molar-refractivity contribution in [1.29, 1.82) is 0 Å². The van der Waals surface area contributed by atoms with Gasteiger partial charge in [0.15, 0.2) is 0 Å². The van der Waals surface area contributed by atoms with Crippen LogP contribution in [0, 0.1) is 0 Å². The smallest absolute Gasteiger partial charge is 0.271 e. The van der Waals surface area contributed by atoms with Gasteiger partial charge in [0.25, 0.3) is 10.1 Å². The highest BCUT2D eigenvalue weighted by atomic mass is 35.5. The molecule has 1 unspecified atom stereocenters. The quantitative estimate of drug-likeness (QED) is 0.606. The molecule has 0 saturated carbocycles. The third-order valence-electron chi connectivity index (χ3n) is 1.93. The van der Waals surface area contributed by atoms with E-state index >= 15 is 0 Å². The molecular weight excluding hydrogens is 226 g/mol. The minimum Gasteiger partial charge on any atom is -0.398 e. The van der Waals surface area contributed by atoms with Crippen molar-refractivity contribution in [2.45, 2.75) is 12.2 Å². The van der Waals surface area contributed by atoms with Crippen molar-refractivity contribution < 1.29 is 13.0 Å². The van der Waals surface area contributed by atoms with E-state index in [0.717, 1.165) is 0 Å². The highest BCUT2D eigenvalue weighted by Crippen LogP contribution is 2.28. The topological polar surface area (TPSA) is 80.4 Å². The number of nitrogen functional groups attached to an aromatic ring is 1. The van der Waals surface area contributed by atoms with Gasteiger partial charge in [-0.05, 0) is 30.7 Å². The third-order valence-corrected chi connectivity index (χ3v) is 3.32. The molecule has 1 atom stereocenters. The van der Waals surface area contributed by atoms with E-state index in [1.54, 1.807) is 6.07 Å². The highest BCUT2D eigenvalue weighted by Gasteiger charge is 2.21. The van der Waals surface area contributed by atoms with Crippen LogP contribution >= 0.6 is 11.6 Å². The first-order chi connectivity index (χ1) is 6.32. The van der Waals surface area contributed by atoms with Crippen LogP contribution in [0.1, 0.15) is 17.7 Å². The second-order valence-corrected chi connectivity index (χ2v) is 5.10. The zero-order valence-corrected chi connectivity index (χ0v) is 9.01. The van der Waals surface area contributed by atoms with Crippen molar-refractivity contribution in [2.75, 3.05) is 5.73 Å². The maximum atomic E-state index is 10.9. The molecule has 0 bridgehead atoms. The van der Waals surface area contributed by atoms with Gasteiger partial charge in [0.2, 0.25) is 0 Å². The normalized spacial score (nSPS) is 13.9. The van der Waals surface area contributed by atoms with E-state index < -0.39 is 15.4 Å². The van der Waals surface area contributed by atoms with Crippen molar-refractivity contribution in [1.82, 2.24) is 0 Å². The van der Waals surface area contributed by atoms with Gasteiger partial charge in [-0.25, -0.2) is 0 Å². The Kier molecular flexibility index (Phi) is 3.04. The van der Waals surface area contributed by atoms with E-state index in [4.69, 9.17) is 21.9 Å². The fourth-order valence-electron chi connectivity index (χ4n) is 1.06. The summed E-state index contributed by atoms with van der Waals surface area (Å²) in [6.45, 7) is 1.34. The van der Waals surface area contributed by atoms with E-state index in [0.29, 0.717) is 16.3 Å². The number of rotatable bonds is 2. The standard InChI is InChI=1S/C8H10ClNO3S/c1-5(14(11,12)13)7-4-6(9)2-3-8(7)10/h2-5H,10H2,1H3,(H,11,12,13). The average Bonchev–Trinajstić information content (AvgIpc) is 2.06. The summed E-state index contributed by atoms with van der Waals surface area (Å²) < 4.78 is 30.5. The van der Waals surface area contributed by atoms with Crippen molar-refractivity contribution in [2.24, 2.45) is 0 Å². The minimum atomic E-state index is -4.13. The van der Waals surface area contributed by atoms with E-state index in [1.165, 1.54) is 19.1 Å². The van der Waals surface area contributed by atoms with Crippen molar-refractivity contribution >= 4 is 27.4 Å². The van der Waals surface area contributed by atoms with Crippen LogP contribution in [0.5, 0.6) is 0 Å². The molecule has 0 heterocycles. The molecule has 0 spiro atoms.